The molecule has 0 radical (unpaired) electrons. The van der Waals surface area contributed by atoms with Gasteiger partial charge in [-0.25, -0.2) is 0 Å². The van der Waals surface area contributed by atoms with Gasteiger partial charge in [-0.1, -0.05) is 0 Å². The van der Waals surface area contributed by atoms with Crippen molar-refractivity contribution in [3.05, 3.63) is 53.6 Å². The Labute approximate surface area is 137 Å². The van der Waals surface area contributed by atoms with Gasteiger partial charge in [0.25, 0.3) is 5.91 Å². The third kappa shape index (κ3) is 3.44. The van der Waals surface area contributed by atoms with Gasteiger partial charge < -0.3 is 20.1 Å². The normalized spacial score (nSPS) is 11.5. The number of hydrogen-bond donors (Lipinski definition) is 2. The molecule has 1 aliphatic heterocycles. The molecular weight excluding hydrogens is 310 g/mol. The fourth-order valence-electron chi connectivity index (χ4n) is 2.13. The average Bonchev–Trinajstić information content (AvgIpc) is 3.08. The van der Waals surface area contributed by atoms with Crippen LogP contribution in [0.2, 0.25) is 0 Å². The van der Waals surface area contributed by atoms with Crippen molar-refractivity contribution in [3.8, 4) is 17.6 Å². The summed E-state index contributed by atoms with van der Waals surface area (Å²) in [5.74, 6) is 0.340. The third-order valence-corrected chi connectivity index (χ3v) is 3.34. The Kier molecular flexibility index (Phi) is 4.29. The van der Waals surface area contributed by atoms with Crippen LogP contribution < -0.4 is 20.1 Å². The van der Waals surface area contributed by atoms with Crippen LogP contribution in [0.5, 0.6) is 11.5 Å². The number of nitriles is 1. The van der Waals surface area contributed by atoms with E-state index in [0.29, 0.717) is 28.3 Å². The van der Waals surface area contributed by atoms with Crippen molar-refractivity contribution >= 4 is 17.5 Å². The van der Waals surface area contributed by atoms with E-state index in [-0.39, 0.29) is 25.2 Å². The zero-order chi connectivity index (χ0) is 16.9. The Balaban J connectivity index is 1.53. The molecule has 2 amide bonds. The van der Waals surface area contributed by atoms with Gasteiger partial charge in [0.15, 0.2) is 11.5 Å². The number of nitrogens with one attached hydrogen (secondary N) is 2. The van der Waals surface area contributed by atoms with Gasteiger partial charge in [0.05, 0.1) is 18.2 Å². The van der Waals surface area contributed by atoms with Crippen LogP contribution >= 0.6 is 0 Å². The van der Waals surface area contributed by atoms with Crippen LogP contribution in [0.3, 0.4) is 0 Å². The molecule has 0 bridgehead atoms. The van der Waals surface area contributed by atoms with Crippen molar-refractivity contribution in [2.45, 2.75) is 0 Å². The van der Waals surface area contributed by atoms with Crippen LogP contribution in [0, 0.1) is 11.3 Å². The minimum atomic E-state index is -0.386. The molecule has 0 fully saturated rings. The Bertz CT molecular complexity index is 825. The van der Waals surface area contributed by atoms with Gasteiger partial charge in [0, 0.05) is 11.3 Å². The van der Waals surface area contributed by atoms with E-state index in [0.717, 1.165) is 0 Å². The standard InChI is InChI=1S/C17H13N3O4/c18-8-11-1-4-13(5-2-11)20-16(21)9-19-17(22)12-3-6-14-15(7-12)24-10-23-14/h1-7H,9-10H2,(H,19,22)(H,20,21). The van der Waals surface area contributed by atoms with Crippen LogP contribution in [0.1, 0.15) is 15.9 Å². The maximum Gasteiger partial charge on any atom is 0.251 e. The van der Waals surface area contributed by atoms with E-state index in [1.165, 1.54) is 0 Å². The summed E-state index contributed by atoms with van der Waals surface area (Å²) < 4.78 is 10.4. The quantitative estimate of drug-likeness (QED) is 0.891. The van der Waals surface area contributed by atoms with Gasteiger partial charge in [-0.2, -0.15) is 5.26 Å². The second-order valence-corrected chi connectivity index (χ2v) is 4.99. The molecule has 0 unspecified atom stereocenters. The molecule has 2 N–H and O–H groups in total. The highest BCUT2D eigenvalue weighted by Crippen LogP contribution is 2.32. The van der Waals surface area contributed by atoms with E-state index >= 15 is 0 Å². The molecule has 2 aromatic rings. The number of nitrogens with zero attached hydrogens (tertiary/aromatic N) is 1. The van der Waals surface area contributed by atoms with Gasteiger partial charge in [0.1, 0.15) is 0 Å². The van der Waals surface area contributed by atoms with E-state index in [1.807, 2.05) is 6.07 Å². The Morgan fingerprint density at radius 2 is 1.83 bits per heavy atom. The maximum absolute atomic E-state index is 12.1. The summed E-state index contributed by atoms with van der Waals surface area (Å²) in [6.07, 6.45) is 0. The van der Waals surface area contributed by atoms with Crippen molar-refractivity contribution in [3.63, 3.8) is 0 Å². The number of hydrogen-bond acceptors (Lipinski definition) is 5. The van der Waals surface area contributed by atoms with E-state index in [2.05, 4.69) is 10.6 Å². The van der Waals surface area contributed by atoms with Crippen molar-refractivity contribution in [2.75, 3.05) is 18.7 Å². The van der Waals surface area contributed by atoms with Crippen molar-refractivity contribution in [2.24, 2.45) is 0 Å². The number of carbonyl (C=O) groups excluding carboxylic acids is 2. The smallest absolute Gasteiger partial charge is 0.251 e. The molecule has 3 rings (SSSR count). The predicted octanol–water partition coefficient (Wildman–Crippen LogP) is 1.66. The molecule has 0 spiro atoms. The molecule has 24 heavy (non-hydrogen) atoms. The van der Waals surface area contributed by atoms with Crippen LogP contribution in [-0.4, -0.2) is 25.2 Å². The van der Waals surface area contributed by atoms with Crippen molar-refractivity contribution in [1.29, 1.82) is 5.26 Å². The van der Waals surface area contributed by atoms with Crippen LogP contribution in [-0.2, 0) is 4.79 Å². The van der Waals surface area contributed by atoms with E-state index in [9.17, 15) is 9.59 Å². The van der Waals surface area contributed by atoms with E-state index < -0.39 is 0 Å². The Morgan fingerprint density at radius 3 is 2.58 bits per heavy atom. The SMILES string of the molecule is N#Cc1ccc(NC(=O)CNC(=O)c2ccc3c(c2)OCO3)cc1. The molecule has 120 valence electrons. The largest absolute Gasteiger partial charge is 0.454 e. The molecule has 0 saturated carbocycles. The first-order valence-electron chi connectivity index (χ1n) is 7.13. The van der Waals surface area contributed by atoms with Gasteiger partial charge in [-0.15, -0.1) is 0 Å². The first kappa shape index (κ1) is 15.4. The molecule has 7 heteroatoms. The number of carbonyl (C=O) groups is 2. The van der Waals surface area contributed by atoms with Crippen LogP contribution in [0.25, 0.3) is 0 Å². The predicted molar refractivity (Wildman–Crippen MR) is 84.7 cm³/mol. The number of fused-ring (bicyclic) bond motifs is 1. The lowest BCUT2D eigenvalue weighted by molar-refractivity contribution is -0.115. The molecule has 2 aromatic carbocycles. The van der Waals surface area contributed by atoms with Gasteiger partial charge in [-0.05, 0) is 42.5 Å². The van der Waals surface area contributed by atoms with Crippen LogP contribution in [0.4, 0.5) is 5.69 Å². The first-order chi connectivity index (χ1) is 11.7. The summed E-state index contributed by atoms with van der Waals surface area (Å²) in [5.41, 5.74) is 1.44. The number of amides is 2. The molecule has 0 aliphatic carbocycles. The first-order valence-corrected chi connectivity index (χ1v) is 7.13. The summed E-state index contributed by atoms with van der Waals surface area (Å²) in [6.45, 7) is -0.0410. The van der Waals surface area contributed by atoms with E-state index in [1.54, 1.807) is 42.5 Å². The van der Waals surface area contributed by atoms with Gasteiger partial charge in [-0.3, -0.25) is 9.59 Å². The minimum Gasteiger partial charge on any atom is -0.454 e. The van der Waals surface area contributed by atoms with E-state index in [4.69, 9.17) is 14.7 Å². The van der Waals surface area contributed by atoms with Crippen molar-refractivity contribution in [1.82, 2.24) is 5.32 Å². The second-order valence-electron chi connectivity index (χ2n) is 4.99. The molecular formula is C17H13N3O4. The van der Waals surface area contributed by atoms with Gasteiger partial charge in [0.2, 0.25) is 12.7 Å². The van der Waals surface area contributed by atoms with Crippen LogP contribution in [0.15, 0.2) is 42.5 Å². The lowest BCUT2D eigenvalue weighted by atomic mass is 10.2. The molecule has 0 aromatic heterocycles. The lowest BCUT2D eigenvalue weighted by Gasteiger charge is -2.07. The highest BCUT2D eigenvalue weighted by molar-refractivity contribution is 5.99. The Morgan fingerprint density at radius 1 is 1.08 bits per heavy atom. The number of anilines is 1. The average molecular weight is 323 g/mol. The number of ether oxygens (including phenoxy) is 2. The maximum atomic E-state index is 12.1. The summed E-state index contributed by atoms with van der Waals surface area (Å²) in [4.78, 5) is 23.9. The number of rotatable bonds is 4. The fourth-order valence-corrected chi connectivity index (χ4v) is 2.13. The zero-order valence-electron chi connectivity index (χ0n) is 12.5. The molecule has 7 nitrogen and oxygen atoms in total. The summed E-state index contributed by atoms with van der Waals surface area (Å²) in [6, 6.07) is 13.2. The summed E-state index contributed by atoms with van der Waals surface area (Å²) >= 11 is 0. The molecule has 1 heterocycles. The highest BCUT2D eigenvalue weighted by atomic mass is 16.7. The molecule has 1 aliphatic rings. The summed E-state index contributed by atoms with van der Waals surface area (Å²) in [5, 5.41) is 13.9. The molecule has 0 atom stereocenters. The molecule has 0 saturated heterocycles. The van der Waals surface area contributed by atoms with Gasteiger partial charge >= 0.3 is 0 Å². The fraction of sp³-hybridized carbons (Fsp3) is 0.118. The topological polar surface area (TPSA) is 100 Å². The Hall–Kier alpha value is -3.53. The summed E-state index contributed by atoms with van der Waals surface area (Å²) in [7, 11) is 0. The monoisotopic (exact) mass is 323 g/mol. The second kappa shape index (κ2) is 6.71. The third-order valence-electron chi connectivity index (χ3n) is 3.34. The lowest BCUT2D eigenvalue weighted by Crippen LogP contribution is -2.32. The minimum absolute atomic E-state index is 0.132. The van der Waals surface area contributed by atoms with Crippen molar-refractivity contribution < 1.29 is 19.1 Å². The highest BCUT2D eigenvalue weighted by Gasteiger charge is 2.16. The zero-order valence-corrected chi connectivity index (χ0v) is 12.5. The number of benzene rings is 2.